The normalized spacial score (nSPS) is 17.7. The molecule has 4 rings (SSSR count). The van der Waals surface area contributed by atoms with Gasteiger partial charge < -0.3 is 4.42 Å². The summed E-state index contributed by atoms with van der Waals surface area (Å²) in [6.07, 6.45) is 6.05. The van der Waals surface area contributed by atoms with Crippen LogP contribution in [0.5, 0.6) is 0 Å². The first-order chi connectivity index (χ1) is 12.6. The van der Waals surface area contributed by atoms with E-state index in [0.717, 1.165) is 24.9 Å². The van der Waals surface area contributed by atoms with E-state index >= 15 is 0 Å². The first-order valence-electron chi connectivity index (χ1n) is 8.91. The Kier molecular flexibility index (Phi) is 4.70. The van der Waals surface area contributed by atoms with E-state index in [9.17, 15) is 0 Å². The van der Waals surface area contributed by atoms with Crippen molar-refractivity contribution in [2.75, 3.05) is 6.54 Å². The van der Waals surface area contributed by atoms with Gasteiger partial charge in [-0.1, -0.05) is 23.3 Å². The van der Waals surface area contributed by atoms with Gasteiger partial charge in [0.15, 0.2) is 0 Å². The Morgan fingerprint density at radius 1 is 1.23 bits per heavy atom. The number of aromatic nitrogens is 3. The van der Waals surface area contributed by atoms with Gasteiger partial charge in [-0.25, -0.2) is 4.68 Å². The fourth-order valence-corrected chi connectivity index (χ4v) is 3.91. The van der Waals surface area contributed by atoms with Gasteiger partial charge >= 0.3 is 0 Å². The van der Waals surface area contributed by atoms with Crippen LogP contribution in [0.4, 0.5) is 0 Å². The molecule has 6 heteroatoms. The van der Waals surface area contributed by atoms with E-state index in [-0.39, 0.29) is 0 Å². The molecule has 1 unspecified atom stereocenters. The Bertz CT molecular complexity index is 943. The van der Waals surface area contributed by atoms with Crippen molar-refractivity contribution >= 4 is 12.2 Å². The lowest BCUT2D eigenvalue weighted by molar-refractivity contribution is 0.187. The van der Waals surface area contributed by atoms with Crippen LogP contribution in [0.15, 0.2) is 47.1 Å². The molecule has 1 aliphatic heterocycles. The monoisotopic (exact) mass is 366 g/mol. The molecule has 134 valence electrons. The lowest BCUT2D eigenvalue weighted by Crippen LogP contribution is -2.26. The van der Waals surface area contributed by atoms with Gasteiger partial charge in [-0.05, 0) is 62.7 Å². The summed E-state index contributed by atoms with van der Waals surface area (Å²) >= 11 is 5.42. The molecule has 1 fully saturated rings. The highest BCUT2D eigenvalue weighted by Gasteiger charge is 2.27. The van der Waals surface area contributed by atoms with Crippen molar-refractivity contribution in [1.82, 2.24) is 19.7 Å². The quantitative estimate of drug-likeness (QED) is 0.628. The van der Waals surface area contributed by atoms with E-state index < -0.39 is 0 Å². The third kappa shape index (κ3) is 3.48. The van der Waals surface area contributed by atoms with Crippen LogP contribution in [0.3, 0.4) is 0 Å². The van der Waals surface area contributed by atoms with E-state index in [1.165, 1.54) is 16.7 Å². The van der Waals surface area contributed by atoms with Gasteiger partial charge in [0.25, 0.3) is 4.84 Å². The van der Waals surface area contributed by atoms with Crippen LogP contribution >= 0.6 is 12.2 Å². The van der Waals surface area contributed by atoms with E-state index in [1.54, 1.807) is 4.68 Å². The average molecular weight is 366 g/mol. The highest BCUT2D eigenvalue weighted by Crippen LogP contribution is 2.32. The first-order valence-corrected chi connectivity index (χ1v) is 9.31. The zero-order chi connectivity index (χ0) is 18.1. The van der Waals surface area contributed by atoms with Gasteiger partial charge in [0, 0.05) is 30.5 Å². The largest absolute Gasteiger partial charge is 0.409 e. The minimum absolute atomic E-state index is 0.354. The molecule has 0 saturated carbocycles. The maximum atomic E-state index is 5.79. The highest BCUT2D eigenvalue weighted by atomic mass is 32.1. The summed E-state index contributed by atoms with van der Waals surface area (Å²) in [5.41, 5.74) is 4.59. The number of hydrogen-bond acceptors (Lipinski definition) is 5. The summed E-state index contributed by atoms with van der Waals surface area (Å²) in [6, 6.07) is 10.8. The SMILES string of the molecule is Cc1cc(C)cc(-c2nn(CN3CCCC3c3cccnc3)c(=S)o2)c1. The van der Waals surface area contributed by atoms with Crippen molar-refractivity contribution in [3.8, 4) is 11.5 Å². The Morgan fingerprint density at radius 3 is 2.77 bits per heavy atom. The summed E-state index contributed by atoms with van der Waals surface area (Å²) in [6.45, 7) is 5.80. The predicted octanol–water partition coefficient (Wildman–Crippen LogP) is 4.68. The lowest BCUT2D eigenvalue weighted by Gasteiger charge is -2.23. The summed E-state index contributed by atoms with van der Waals surface area (Å²) in [5, 5.41) is 4.64. The number of aryl methyl sites for hydroxylation is 2. The van der Waals surface area contributed by atoms with Crippen LogP contribution in [0.25, 0.3) is 11.5 Å². The molecule has 1 aliphatic rings. The molecular formula is C20H22N4OS. The maximum Gasteiger partial charge on any atom is 0.288 e. The molecule has 0 bridgehead atoms. The molecule has 3 aromatic rings. The standard InChI is InChI=1S/C20H22N4OS/c1-14-9-15(2)11-17(10-14)19-22-24(20(26)25-19)13-23-8-4-6-18(23)16-5-3-7-21-12-16/h3,5,7,9-12,18H,4,6,8,13H2,1-2H3. The second-order valence-electron chi connectivity index (χ2n) is 6.95. The van der Waals surface area contributed by atoms with Gasteiger partial charge in [-0.15, -0.1) is 5.10 Å². The van der Waals surface area contributed by atoms with Crippen LogP contribution < -0.4 is 0 Å². The highest BCUT2D eigenvalue weighted by molar-refractivity contribution is 7.71. The average Bonchev–Trinajstić information content (AvgIpc) is 3.22. The van der Waals surface area contributed by atoms with Crippen LogP contribution in [0.1, 0.15) is 35.6 Å². The minimum Gasteiger partial charge on any atom is -0.409 e. The van der Waals surface area contributed by atoms with Gasteiger partial charge in [-0.3, -0.25) is 9.88 Å². The molecular weight excluding hydrogens is 344 g/mol. The number of benzene rings is 1. The smallest absolute Gasteiger partial charge is 0.288 e. The number of rotatable bonds is 4. The molecule has 0 radical (unpaired) electrons. The Morgan fingerprint density at radius 2 is 2.04 bits per heavy atom. The number of likely N-dealkylation sites (tertiary alicyclic amines) is 1. The second-order valence-corrected chi connectivity index (χ2v) is 7.30. The lowest BCUT2D eigenvalue weighted by atomic mass is 10.1. The van der Waals surface area contributed by atoms with Crippen LogP contribution in [-0.4, -0.2) is 26.2 Å². The number of pyridine rings is 1. The van der Waals surface area contributed by atoms with E-state index in [0.29, 0.717) is 23.4 Å². The Hall–Kier alpha value is -2.31. The third-order valence-electron chi connectivity index (χ3n) is 4.82. The maximum absolute atomic E-state index is 5.79. The molecule has 0 aliphatic carbocycles. The zero-order valence-electron chi connectivity index (χ0n) is 15.1. The van der Waals surface area contributed by atoms with Crippen molar-refractivity contribution in [2.45, 2.75) is 39.4 Å². The Labute approximate surface area is 158 Å². The Balaban J connectivity index is 1.59. The van der Waals surface area contributed by atoms with Gasteiger partial charge in [0.05, 0.1) is 6.67 Å². The molecule has 1 atom stereocenters. The summed E-state index contributed by atoms with van der Waals surface area (Å²) in [5.74, 6) is 0.582. The van der Waals surface area contributed by atoms with Gasteiger partial charge in [0.2, 0.25) is 5.89 Å². The fraction of sp³-hybridized carbons (Fsp3) is 0.350. The van der Waals surface area contributed by atoms with E-state index in [4.69, 9.17) is 16.6 Å². The van der Waals surface area contributed by atoms with Crippen LogP contribution in [0, 0.1) is 18.7 Å². The minimum atomic E-state index is 0.354. The van der Waals surface area contributed by atoms with E-state index in [2.05, 4.69) is 53.1 Å². The number of nitrogens with zero attached hydrogens (tertiary/aromatic N) is 4. The summed E-state index contributed by atoms with van der Waals surface area (Å²) in [4.78, 5) is 7.06. The van der Waals surface area contributed by atoms with Gasteiger partial charge in [0.1, 0.15) is 0 Å². The second kappa shape index (κ2) is 7.13. The van der Waals surface area contributed by atoms with Gasteiger partial charge in [-0.2, -0.15) is 0 Å². The topological polar surface area (TPSA) is 47.1 Å². The predicted molar refractivity (Wildman–Crippen MR) is 103 cm³/mol. The number of hydrogen-bond donors (Lipinski definition) is 0. The van der Waals surface area contributed by atoms with E-state index in [1.807, 2.05) is 18.5 Å². The van der Waals surface area contributed by atoms with Crippen LogP contribution in [0.2, 0.25) is 0 Å². The van der Waals surface area contributed by atoms with Crippen molar-refractivity contribution in [3.63, 3.8) is 0 Å². The molecule has 1 saturated heterocycles. The summed E-state index contributed by atoms with van der Waals surface area (Å²) in [7, 11) is 0. The zero-order valence-corrected chi connectivity index (χ0v) is 15.9. The molecule has 2 aromatic heterocycles. The fourth-order valence-electron chi connectivity index (χ4n) is 3.73. The first kappa shape index (κ1) is 17.1. The van der Waals surface area contributed by atoms with Crippen molar-refractivity contribution in [1.29, 1.82) is 0 Å². The van der Waals surface area contributed by atoms with Crippen molar-refractivity contribution < 1.29 is 4.42 Å². The molecule has 1 aromatic carbocycles. The van der Waals surface area contributed by atoms with Crippen molar-refractivity contribution in [3.05, 3.63) is 64.3 Å². The molecule has 0 amide bonds. The molecule has 0 N–H and O–H groups in total. The van der Waals surface area contributed by atoms with Crippen LogP contribution in [-0.2, 0) is 6.67 Å². The third-order valence-corrected chi connectivity index (χ3v) is 5.12. The molecule has 26 heavy (non-hydrogen) atoms. The molecule has 3 heterocycles. The molecule has 5 nitrogen and oxygen atoms in total. The summed E-state index contributed by atoms with van der Waals surface area (Å²) < 4.78 is 7.58. The van der Waals surface area contributed by atoms with Crippen molar-refractivity contribution in [2.24, 2.45) is 0 Å². The molecule has 0 spiro atoms.